The van der Waals surface area contributed by atoms with Crippen LogP contribution < -0.4 is 0 Å². The summed E-state index contributed by atoms with van der Waals surface area (Å²) in [4.78, 5) is 17.8. The third kappa shape index (κ3) is 1.96. The van der Waals surface area contributed by atoms with E-state index < -0.39 is 0 Å². The van der Waals surface area contributed by atoms with Crippen molar-refractivity contribution < 1.29 is 4.79 Å². The van der Waals surface area contributed by atoms with Crippen molar-refractivity contribution in [2.24, 2.45) is 0 Å². The maximum Gasteiger partial charge on any atom is 0.222 e. The van der Waals surface area contributed by atoms with Gasteiger partial charge in [-0.15, -0.1) is 0 Å². The first-order valence-electron chi connectivity index (χ1n) is 6.30. The largest absolute Gasteiger partial charge is 0.341 e. The minimum absolute atomic E-state index is 0.260. The number of hydrogen-bond donors (Lipinski definition) is 0. The zero-order chi connectivity index (χ0) is 12.5. The van der Waals surface area contributed by atoms with Gasteiger partial charge in [-0.3, -0.25) is 4.79 Å². The zero-order valence-electron chi connectivity index (χ0n) is 10.5. The SMILES string of the molecule is Cc1cnc2c(cnn2CCN2CCCC2=O)c1. The average Bonchev–Trinajstić information content (AvgIpc) is 2.93. The van der Waals surface area contributed by atoms with E-state index in [0.29, 0.717) is 13.0 Å². The van der Waals surface area contributed by atoms with Gasteiger partial charge < -0.3 is 4.90 Å². The molecule has 2 aromatic rings. The number of amides is 1. The molecule has 94 valence electrons. The molecule has 18 heavy (non-hydrogen) atoms. The number of carbonyl (C=O) groups excluding carboxylic acids is 1. The second kappa shape index (κ2) is 4.40. The molecule has 2 aromatic heterocycles. The lowest BCUT2D eigenvalue weighted by atomic mass is 10.3. The summed E-state index contributed by atoms with van der Waals surface area (Å²) in [6, 6.07) is 2.08. The normalized spacial score (nSPS) is 15.8. The van der Waals surface area contributed by atoms with E-state index in [9.17, 15) is 4.79 Å². The molecule has 1 amide bonds. The van der Waals surface area contributed by atoms with Gasteiger partial charge in [-0.2, -0.15) is 5.10 Å². The quantitative estimate of drug-likeness (QED) is 0.819. The van der Waals surface area contributed by atoms with Crippen molar-refractivity contribution in [3.8, 4) is 0 Å². The molecule has 1 saturated heterocycles. The zero-order valence-corrected chi connectivity index (χ0v) is 10.5. The van der Waals surface area contributed by atoms with Gasteiger partial charge in [0.15, 0.2) is 5.65 Å². The van der Waals surface area contributed by atoms with Crippen LogP contribution in [0.2, 0.25) is 0 Å². The highest BCUT2D eigenvalue weighted by molar-refractivity contribution is 5.78. The Labute approximate surface area is 105 Å². The van der Waals surface area contributed by atoms with Crippen LogP contribution in [0.5, 0.6) is 0 Å². The van der Waals surface area contributed by atoms with E-state index in [4.69, 9.17) is 0 Å². The highest BCUT2D eigenvalue weighted by atomic mass is 16.2. The molecule has 5 heteroatoms. The van der Waals surface area contributed by atoms with E-state index in [1.165, 1.54) is 0 Å². The molecule has 1 aliphatic rings. The third-order valence-corrected chi connectivity index (χ3v) is 3.37. The van der Waals surface area contributed by atoms with Crippen LogP contribution >= 0.6 is 0 Å². The van der Waals surface area contributed by atoms with Crippen LogP contribution in [0, 0.1) is 6.92 Å². The molecule has 1 aliphatic heterocycles. The van der Waals surface area contributed by atoms with Crippen LogP contribution in [0.25, 0.3) is 11.0 Å². The summed E-state index contributed by atoms with van der Waals surface area (Å²) >= 11 is 0. The lowest BCUT2D eigenvalue weighted by molar-refractivity contribution is -0.127. The number of pyridine rings is 1. The summed E-state index contributed by atoms with van der Waals surface area (Å²) in [7, 11) is 0. The van der Waals surface area contributed by atoms with Crippen LogP contribution in [-0.4, -0.2) is 38.7 Å². The summed E-state index contributed by atoms with van der Waals surface area (Å²) in [5, 5.41) is 5.40. The summed E-state index contributed by atoms with van der Waals surface area (Å²) < 4.78 is 1.88. The van der Waals surface area contributed by atoms with E-state index in [2.05, 4.69) is 16.1 Å². The Hall–Kier alpha value is -1.91. The number of aromatic nitrogens is 3. The van der Waals surface area contributed by atoms with Crippen molar-refractivity contribution in [1.82, 2.24) is 19.7 Å². The maximum absolute atomic E-state index is 11.5. The number of likely N-dealkylation sites (tertiary alicyclic amines) is 1. The average molecular weight is 244 g/mol. The topological polar surface area (TPSA) is 51.0 Å². The fraction of sp³-hybridized carbons (Fsp3) is 0.462. The maximum atomic E-state index is 11.5. The third-order valence-electron chi connectivity index (χ3n) is 3.37. The van der Waals surface area contributed by atoms with Crippen LogP contribution in [0.4, 0.5) is 0 Å². The molecular weight excluding hydrogens is 228 g/mol. The van der Waals surface area contributed by atoms with E-state index in [1.807, 2.05) is 28.9 Å². The van der Waals surface area contributed by atoms with Crippen LogP contribution in [0.15, 0.2) is 18.5 Å². The van der Waals surface area contributed by atoms with Gasteiger partial charge in [0, 0.05) is 31.1 Å². The lowest BCUT2D eigenvalue weighted by Gasteiger charge is -2.15. The first-order valence-corrected chi connectivity index (χ1v) is 6.30. The molecule has 0 saturated carbocycles. The van der Waals surface area contributed by atoms with Gasteiger partial charge in [0.2, 0.25) is 5.91 Å². The lowest BCUT2D eigenvalue weighted by Crippen LogP contribution is -2.28. The van der Waals surface area contributed by atoms with Gasteiger partial charge >= 0.3 is 0 Å². The summed E-state index contributed by atoms with van der Waals surface area (Å²) in [5.41, 5.74) is 2.03. The van der Waals surface area contributed by atoms with Crippen molar-refractivity contribution in [2.45, 2.75) is 26.3 Å². The Bertz CT molecular complexity index is 590. The fourth-order valence-electron chi connectivity index (χ4n) is 2.40. The predicted molar refractivity (Wildman–Crippen MR) is 68.1 cm³/mol. The molecule has 0 radical (unpaired) electrons. The van der Waals surface area contributed by atoms with Crippen molar-refractivity contribution >= 4 is 16.9 Å². The van der Waals surface area contributed by atoms with E-state index in [0.717, 1.165) is 36.1 Å². The highest BCUT2D eigenvalue weighted by Gasteiger charge is 2.19. The second-order valence-electron chi connectivity index (χ2n) is 4.78. The van der Waals surface area contributed by atoms with Gasteiger partial charge in [0.05, 0.1) is 12.7 Å². The Morgan fingerprint density at radius 3 is 3.00 bits per heavy atom. The summed E-state index contributed by atoms with van der Waals surface area (Å²) in [5.74, 6) is 0.260. The molecule has 3 rings (SSSR count). The minimum atomic E-state index is 0.260. The van der Waals surface area contributed by atoms with Gasteiger partial charge in [0.25, 0.3) is 0 Å². The van der Waals surface area contributed by atoms with Crippen molar-refractivity contribution in [1.29, 1.82) is 0 Å². The minimum Gasteiger partial charge on any atom is -0.341 e. The summed E-state index contributed by atoms with van der Waals surface area (Å²) in [6.45, 7) is 4.34. The van der Waals surface area contributed by atoms with E-state index in [1.54, 1.807) is 0 Å². The van der Waals surface area contributed by atoms with Crippen molar-refractivity contribution in [3.63, 3.8) is 0 Å². The molecule has 3 heterocycles. The molecule has 1 fully saturated rings. The molecule has 0 spiro atoms. The number of carbonyl (C=O) groups is 1. The van der Waals surface area contributed by atoms with E-state index in [-0.39, 0.29) is 5.91 Å². The number of hydrogen-bond acceptors (Lipinski definition) is 3. The fourth-order valence-corrected chi connectivity index (χ4v) is 2.40. The van der Waals surface area contributed by atoms with Gasteiger partial charge in [0.1, 0.15) is 0 Å². The predicted octanol–water partition coefficient (Wildman–Crippen LogP) is 1.36. The van der Waals surface area contributed by atoms with Gasteiger partial charge in [-0.05, 0) is 25.0 Å². The monoisotopic (exact) mass is 244 g/mol. The Morgan fingerprint density at radius 2 is 2.22 bits per heavy atom. The van der Waals surface area contributed by atoms with Crippen molar-refractivity contribution in [3.05, 3.63) is 24.0 Å². The van der Waals surface area contributed by atoms with Crippen molar-refractivity contribution in [2.75, 3.05) is 13.1 Å². The van der Waals surface area contributed by atoms with Gasteiger partial charge in [-0.25, -0.2) is 9.67 Å². The molecule has 5 nitrogen and oxygen atoms in total. The first-order chi connectivity index (χ1) is 8.74. The van der Waals surface area contributed by atoms with Crippen LogP contribution in [0.3, 0.4) is 0 Å². The smallest absolute Gasteiger partial charge is 0.222 e. The molecule has 0 aliphatic carbocycles. The van der Waals surface area contributed by atoms with Crippen LogP contribution in [-0.2, 0) is 11.3 Å². The number of fused-ring (bicyclic) bond motifs is 1. The molecule has 0 unspecified atom stereocenters. The summed E-state index contributed by atoms with van der Waals surface area (Å²) in [6.07, 6.45) is 5.36. The molecule has 0 N–H and O–H groups in total. The number of nitrogens with zero attached hydrogens (tertiary/aromatic N) is 4. The standard InChI is InChI=1S/C13H16N4O/c1-10-7-11-9-15-17(13(11)14-8-10)6-5-16-4-2-3-12(16)18/h7-9H,2-6H2,1H3. The van der Waals surface area contributed by atoms with Gasteiger partial charge in [-0.1, -0.05) is 0 Å². The number of rotatable bonds is 3. The van der Waals surface area contributed by atoms with E-state index >= 15 is 0 Å². The highest BCUT2D eigenvalue weighted by Crippen LogP contribution is 2.13. The molecular formula is C13H16N4O. The molecule has 0 aromatic carbocycles. The Kier molecular flexibility index (Phi) is 2.74. The Balaban J connectivity index is 1.76. The molecule has 0 bridgehead atoms. The Morgan fingerprint density at radius 1 is 1.33 bits per heavy atom. The number of aryl methyl sites for hydroxylation is 1. The second-order valence-corrected chi connectivity index (χ2v) is 4.78. The molecule has 0 atom stereocenters. The first kappa shape index (κ1) is 11.2. The van der Waals surface area contributed by atoms with Crippen LogP contribution in [0.1, 0.15) is 18.4 Å².